The Hall–Kier alpha value is -7.20. The van der Waals surface area contributed by atoms with Crippen LogP contribution in [0.3, 0.4) is 0 Å². The first kappa shape index (κ1) is 33.7. The van der Waals surface area contributed by atoms with E-state index in [-0.39, 0.29) is 5.41 Å². The molecule has 0 aliphatic heterocycles. The van der Waals surface area contributed by atoms with Crippen molar-refractivity contribution in [1.29, 1.82) is 0 Å². The lowest BCUT2D eigenvalue weighted by Crippen LogP contribution is -2.16. The summed E-state index contributed by atoms with van der Waals surface area (Å²) < 4.78 is 9.80. The average Bonchev–Trinajstić information content (AvgIpc) is 3.93. The van der Waals surface area contributed by atoms with Crippen LogP contribution in [0.4, 0.5) is 17.1 Å². The Bertz CT molecular complexity index is 3770. The van der Waals surface area contributed by atoms with Gasteiger partial charge in [0.1, 0.15) is 11.2 Å². The van der Waals surface area contributed by atoms with Crippen molar-refractivity contribution in [2.24, 2.45) is 0 Å². The molecule has 0 saturated heterocycles. The second kappa shape index (κ2) is 12.4. The van der Waals surface area contributed by atoms with Crippen molar-refractivity contribution in [3.63, 3.8) is 0 Å². The smallest absolute Gasteiger partial charge is 0.143 e. The predicted molar refractivity (Wildman–Crippen MR) is 257 cm³/mol. The molecule has 12 aromatic rings. The third-order valence-electron chi connectivity index (χ3n) is 13.2. The molecule has 2 heterocycles. The maximum atomic E-state index is 7.22. The maximum absolute atomic E-state index is 7.22. The number of benzene rings is 10. The molecule has 0 unspecified atom stereocenters. The summed E-state index contributed by atoms with van der Waals surface area (Å²) in [5.41, 5.74) is 12.7. The van der Waals surface area contributed by atoms with Crippen LogP contribution in [0.25, 0.3) is 96.7 Å². The van der Waals surface area contributed by atoms with Gasteiger partial charge in [-0.25, -0.2) is 0 Å². The van der Waals surface area contributed by atoms with Crippen LogP contribution in [0.2, 0.25) is 0 Å². The van der Waals surface area contributed by atoms with Crippen molar-refractivity contribution >= 4 is 103 Å². The first-order valence-corrected chi connectivity index (χ1v) is 21.6. The van der Waals surface area contributed by atoms with Crippen LogP contribution >= 0.6 is 11.3 Å². The number of fused-ring (bicyclic) bond motifs is 13. The lowest BCUT2D eigenvalue weighted by Gasteiger charge is -2.29. The Morgan fingerprint density at radius 3 is 1.93 bits per heavy atom. The minimum absolute atomic E-state index is 0.141. The van der Waals surface area contributed by atoms with Gasteiger partial charge >= 0.3 is 0 Å². The summed E-state index contributed by atoms with van der Waals surface area (Å²) >= 11 is 1.87. The first-order valence-electron chi connectivity index (χ1n) is 20.7. The van der Waals surface area contributed by atoms with Crippen LogP contribution < -0.4 is 4.90 Å². The maximum Gasteiger partial charge on any atom is 0.143 e. The van der Waals surface area contributed by atoms with E-state index in [9.17, 15) is 0 Å². The molecule has 60 heavy (non-hydrogen) atoms. The number of thiophene rings is 1. The van der Waals surface area contributed by atoms with Crippen molar-refractivity contribution in [3.8, 4) is 22.3 Å². The summed E-state index contributed by atoms with van der Waals surface area (Å²) in [7, 11) is 0. The fourth-order valence-electron chi connectivity index (χ4n) is 10.4. The SMILES string of the molecule is CC1(C)c2ccccc2-c2ccc(N(c3ccc4c(c3)oc3c(-c5cccc6c5sc5ccccc56)c5ccccc5cc34)c3cc4ccccc4c4ccccc34)cc21. The molecule has 0 N–H and O–H groups in total. The zero-order valence-electron chi connectivity index (χ0n) is 33.2. The standard InChI is InChI=1S/C57H37NOS/c1-57(2)49-24-11-9-19-41(49)42-28-26-36(32-50(42)57)58(51-31-35-15-3-5-16-38(35)40-18-7-8-20-43(40)51)37-27-29-44-48-30-34-14-4-6-17-39(34)54(55(48)59-52(44)33-37)47-23-13-22-46-45-21-10-12-25-53(45)60-56(46)47/h3-33H,1-2H3. The molecular formula is C57H37NOS. The van der Waals surface area contributed by atoms with Crippen LogP contribution in [0.15, 0.2) is 192 Å². The molecule has 0 saturated carbocycles. The van der Waals surface area contributed by atoms with E-state index in [0.717, 1.165) is 44.6 Å². The molecule has 0 amide bonds. The van der Waals surface area contributed by atoms with Gasteiger partial charge in [-0.3, -0.25) is 0 Å². The van der Waals surface area contributed by atoms with Gasteiger partial charge in [-0.1, -0.05) is 153 Å². The number of hydrogen-bond acceptors (Lipinski definition) is 3. The third kappa shape index (κ3) is 4.70. The van der Waals surface area contributed by atoms with Crippen molar-refractivity contribution in [3.05, 3.63) is 199 Å². The van der Waals surface area contributed by atoms with E-state index in [0.29, 0.717) is 0 Å². The van der Waals surface area contributed by atoms with Crippen LogP contribution in [0.5, 0.6) is 0 Å². The van der Waals surface area contributed by atoms with E-state index < -0.39 is 0 Å². The Balaban J connectivity index is 1.08. The zero-order valence-corrected chi connectivity index (χ0v) is 34.0. The van der Waals surface area contributed by atoms with Gasteiger partial charge in [-0.05, 0) is 91.6 Å². The van der Waals surface area contributed by atoms with Gasteiger partial charge in [-0.15, -0.1) is 11.3 Å². The van der Waals surface area contributed by atoms with Gasteiger partial charge < -0.3 is 9.32 Å². The summed E-state index contributed by atoms with van der Waals surface area (Å²) in [5.74, 6) is 0. The number of rotatable bonds is 4. The molecule has 1 aliphatic carbocycles. The van der Waals surface area contributed by atoms with E-state index in [1.807, 2.05) is 11.3 Å². The second-order valence-corrected chi connectivity index (χ2v) is 17.9. The number of anilines is 3. The van der Waals surface area contributed by atoms with Gasteiger partial charge in [0.25, 0.3) is 0 Å². The highest BCUT2D eigenvalue weighted by Gasteiger charge is 2.36. The zero-order chi connectivity index (χ0) is 39.7. The van der Waals surface area contributed by atoms with E-state index in [2.05, 4.69) is 207 Å². The van der Waals surface area contributed by atoms with Crippen molar-refractivity contribution < 1.29 is 4.42 Å². The molecule has 2 aromatic heterocycles. The molecule has 10 aromatic carbocycles. The Morgan fingerprint density at radius 1 is 0.433 bits per heavy atom. The lowest BCUT2D eigenvalue weighted by atomic mass is 9.82. The van der Waals surface area contributed by atoms with Gasteiger partial charge in [0.05, 0.1) is 5.69 Å². The van der Waals surface area contributed by atoms with Crippen LogP contribution in [-0.2, 0) is 5.41 Å². The highest BCUT2D eigenvalue weighted by molar-refractivity contribution is 7.26. The number of furan rings is 1. The van der Waals surface area contributed by atoms with Gasteiger partial charge in [0.2, 0.25) is 0 Å². The molecule has 282 valence electrons. The van der Waals surface area contributed by atoms with Crippen LogP contribution in [-0.4, -0.2) is 0 Å². The Morgan fingerprint density at radius 2 is 1.07 bits per heavy atom. The van der Waals surface area contributed by atoms with E-state index in [1.165, 1.54) is 80.3 Å². The molecule has 3 heteroatoms. The molecule has 0 bridgehead atoms. The van der Waals surface area contributed by atoms with Gasteiger partial charge in [0, 0.05) is 70.3 Å². The fraction of sp³-hybridized carbons (Fsp3) is 0.0526. The minimum atomic E-state index is -0.141. The normalized spacial score (nSPS) is 13.3. The summed E-state index contributed by atoms with van der Waals surface area (Å²) in [4.78, 5) is 2.45. The highest BCUT2D eigenvalue weighted by atomic mass is 32.1. The van der Waals surface area contributed by atoms with E-state index in [4.69, 9.17) is 4.42 Å². The average molecular weight is 784 g/mol. The number of hydrogen-bond donors (Lipinski definition) is 0. The number of nitrogens with zero attached hydrogens (tertiary/aromatic N) is 1. The summed E-state index contributed by atoms with van der Waals surface area (Å²) in [6, 6.07) is 69.3. The molecule has 1 aliphatic rings. The molecule has 0 fully saturated rings. The predicted octanol–water partition coefficient (Wildman–Crippen LogP) is 16.9. The molecule has 0 spiro atoms. The molecule has 13 rings (SSSR count). The first-order chi connectivity index (χ1) is 29.5. The van der Waals surface area contributed by atoms with Gasteiger partial charge in [-0.2, -0.15) is 0 Å². The second-order valence-electron chi connectivity index (χ2n) is 16.8. The quantitative estimate of drug-likeness (QED) is 0.165. The molecular weight excluding hydrogens is 747 g/mol. The Kier molecular flexibility index (Phi) is 6.98. The summed E-state index contributed by atoms with van der Waals surface area (Å²) in [5, 5.41) is 12.1. The summed E-state index contributed by atoms with van der Waals surface area (Å²) in [6.45, 7) is 4.72. The van der Waals surface area contributed by atoms with Crippen LogP contribution in [0, 0.1) is 0 Å². The lowest BCUT2D eigenvalue weighted by molar-refractivity contribution is 0.660. The van der Waals surface area contributed by atoms with E-state index in [1.54, 1.807) is 0 Å². The monoisotopic (exact) mass is 783 g/mol. The van der Waals surface area contributed by atoms with Crippen LogP contribution in [0.1, 0.15) is 25.0 Å². The topological polar surface area (TPSA) is 16.4 Å². The summed E-state index contributed by atoms with van der Waals surface area (Å²) in [6.07, 6.45) is 0. The van der Waals surface area contributed by atoms with Crippen molar-refractivity contribution in [2.45, 2.75) is 19.3 Å². The highest BCUT2D eigenvalue weighted by Crippen LogP contribution is 2.52. The Labute approximate surface area is 351 Å². The molecule has 0 radical (unpaired) electrons. The van der Waals surface area contributed by atoms with E-state index >= 15 is 0 Å². The largest absolute Gasteiger partial charge is 0.455 e. The third-order valence-corrected chi connectivity index (χ3v) is 14.4. The van der Waals surface area contributed by atoms with Crippen molar-refractivity contribution in [1.82, 2.24) is 0 Å². The van der Waals surface area contributed by atoms with Gasteiger partial charge in [0.15, 0.2) is 0 Å². The molecule has 0 atom stereocenters. The molecule has 2 nitrogen and oxygen atoms in total. The van der Waals surface area contributed by atoms with Crippen molar-refractivity contribution in [2.75, 3.05) is 4.90 Å². The minimum Gasteiger partial charge on any atom is -0.455 e. The fourth-order valence-corrected chi connectivity index (χ4v) is 11.6.